The van der Waals surface area contributed by atoms with Gasteiger partial charge >= 0.3 is 6.18 Å². The van der Waals surface area contributed by atoms with Gasteiger partial charge in [0, 0.05) is 23.5 Å². The number of pyridine rings is 1. The molecule has 0 amide bonds. The second-order valence-corrected chi connectivity index (χ2v) is 9.04. The number of rotatable bonds is 6. The number of aliphatic hydroxyl groups is 1. The lowest BCUT2D eigenvalue weighted by atomic mass is 9.75. The highest BCUT2D eigenvalue weighted by Gasteiger charge is 2.56. The van der Waals surface area contributed by atoms with Crippen LogP contribution in [0.5, 0.6) is 0 Å². The van der Waals surface area contributed by atoms with Crippen molar-refractivity contribution in [3.63, 3.8) is 0 Å². The molecule has 0 spiro atoms. The summed E-state index contributed by atoms with van der Waals surface area (Å²) in [6.07, 6.45) is -2.83. The summed E-state index contributed by atoms with van der Waals surface area (Å²) in [5.41, 5.74) is 0.602. The highest BCUT2D eigenvalue weighted by molar-refractivity contribution is 5.77. The number of alkyl halides is 3. The Hall–Kier alpha value is -2.38. The topological polar surface area (TPSA) is 49.5 Å². The molecule has 166 valence electrons. The first kappa shape index (κ1) is 21.8. The number of hydrogen-bond donors (Lipinski definition) is 1. The van der Waals surface area contributed by atoms with Crippen LogP contribution in [0.25, 0.3) is 11.0 Å². The van der Waals surface area contributed by atoms with Crippen molar-refractivity contribution in [3.05, 3.63) is 66.2 Å². The summed E-state index contributed by atoms with van der Waals surface area (Å²) in [5, 5.41) is 11.4. The molecule has 1 saturated heterocycles. The highest BCUT2D eigenvalue weighted by Crippen LogP contribution is 2.47. The fraction of sp³-hybridized carbons (Fsp3) is 0.458. The fourth-order valence-electron chi connectivity index (χ4n) is 4.72. The summed E-state index contributed by atoms with van der Waals surface area (Å²) >= 11 is 0. The molecular weight excluding hydrogens is 405 g/mol. The number of aliphatic hydroxyl groups excluding tert-OH is 1. The first-order chi connectivity index (χ1) is 14.6. The van der Waals surface area contributed by atoms with Crippen LogP contribution in [-0.2, 0) is 12.0 Å². The summed E-state index contributed by atoms with van der Waals surface area (Å²) < 4.78 is 46.5. The Morgan fingerprint density at radius 2 is 2.00 bits per heavy atom. The lowest BCUT2D eigenvalue weighted by molar-refractivity contribution is -0.239. The van der Waals surface area contributed by atoms with Crippen LogP contribution >= 0.6 is 0 Å². The van der Waals surface area contributed by atoms with E-state index in [1.165, 1.54) is 0 Å². The SMILES string of the molecule is CC(C)(c1ccccn1)N1CC[C@@](CCc2ccc3ccoc3c2)(C(O)C(F)(F)F)C1. The number of hydrogen-bond acceptors (Lipinski definition) is 4. The molecule has 7 heteroatoms. The van der Waals surface area contributed by atoms with E-state index < -0.39 is 23.2 Å². The molecule has 1 fully saturated rings. The number of likely N-dealkylation sites (tertiary alicyclic amines) is 1. The molecule has 4 nitrogen and oxygen atoms in total. The number of aryl methyl sites for hydroxylation is 1. The van der Waals surface area contributed by atoms with Crippen molar-refractivity contribution in [2.45, 2.75) is 50.9 Å². The summed E-state index contributed by atoms with van der Waals surface area (Å²) in [4.78, 5) is 6.43. The molecule has 3 heterocycles. The van der Waals surface area contributed by atoms with Crippen LogP contribution in [0.15, 0.2) is 59.3 Å². The van der Waals surface area contributed by atoms with Crippen molar-refractivity contribution >= 4 is 11.0 Å². The first-order valence-corrected chi connectivity index (χ1v) is 10.5. The van der Waals surface area contributed by atoms with Gasteiger partial charge in [-0.05, 0) is 69.5 Å². The number of benzene rings is 1. The minimum atomic E-state index is -4.67. The number of aromatic nitrogens is 1. The van der Waals surface area contributed by atoms with E-state index in [4.69, 9.17) is 4.42 Å². The van der Waals surface area contributed by atoms with Crippen LogP contribution in [0.1, 0.15) is 37.9 Å². The first-order valence-electron chi connectivity index (χ1n) is 10.5. The van der Waals surface area contributed by atoms with Crippen LogP contribution < -0.4 is 0 Å². The predicted molar refractivity (Wildman–Crippen MR) is 112 cm³/mol. The average Bonchev–Trinajstić information content (AvgIpc) is 3.39. The Kier molecular flexibility index (Phi) is 5.60. The summed E-state index contributed by atoms with van der Waals surface area (Å²) in [6, 6.07) is 13.1. The van der Waals surface area contributed by atoms with E-state index in [1.807, 2.05) is 61.2 Å². The zero-order valence-corrected chi connectivity index (χ0v) is 17.7. The van der Waals surface area contributed by atoms with E-state index >= 15 is 0 Å². The largest absolute Gasteiger partial charge is 0.464 e. The van der Waals surface area contributed by atoms with Gasteiger partial charge in [-0.2, -0.15) is 13.2 Å². The van der Waals surface area contributed by atoms with Gasteiger partial charge in [0.2, 0.25) is 0 Å². The van der Waals surface area contributed by atoms with Crippen molar-refractivity contribution in [3.8, 4) is 0 Å². The van der Waals surface area contributed by atoms with Crippen LogP contribution in [0.4, 0.5) is 13.2 Å². The second-order valence-electron chi connectivity index (χ2n) is 9.04. The Morgan fingerprint density at radius 1 is 1.19 bits per heavy atom. The molecule has 4 rings (SSSR count). The number of furan rings is 1. The normalized spacial score (nSPS) is 21.6. The van der Waals surface area contributed by atoms with Gasteiger partial charge in [-0.1, -0.05) is 18.2 Å². The van der Waals surface area contributed by atoms with E-state index in [0.29, 0.717) is 18.5 Å². The Bertz CT molecular complexity index is 1030. The Balaban J connectivity index is 1.58. The standard InChI is InChI=1S/C24H27F3N2O2/c1-22(2,20-5-3-4-12-28-20)29-13-11-23(16-29,21(30)24(25,26)27)10-8-17-6-7-18-9-14-31-19(18)15-17/h3-7,9,12,14-15,21,30H,8,10-11,13,16H2,1-2H3/t21?,23-/m1/s1. The van der Waals surface area contributed by atoms with Gasteiger partial charge < -0.3 is 9.52 Å². The Labute approximate surface area is 179 Å². The van der Waals surface area contributed by atoms with E-state index in [0.717, 1.165) is 16.6 Å². The summed E-state index contributed by atoms with van der Waals surface area (Å²) in [7, 11) is 0. The summed E-state index contributed by atoms with van der Waals surface area (Å²) in [6.45, 7) is 4.56. The molecule has 0 bridgehead atoms. The van der Waals surface area contributed by atoms with Gasteiger partial charge in [-0.15, -0.1) is 0 Å². The molecular formula is C24H27F3N2O2. The van der Waals surface area contributed by atoms with Gasteiger partial charge in [0.1, 0.15) is 5.58 Å². The molecule has 2 atom stereocenters. The molecule has 0 aliphatic carbocycles. The molecule has 1 N–H and O–H groups in total. The van der Waals surface area contributed by atoms with Crippen molar-refractivity contribution in [2.24, 2.45) is 5.41 Å². The molecule has 1 aliphatic rings. The van der Waals surface area contributed by atoms with Gasteiger partial charge in [0.25, 0.3) is 0 Å². The molecule has 1 unspecified atom stereocenters. The zero-order valence-electron chi connectivity index (χ0n) is 17.7. The maximum absolute atomic E-state index is 13.7. The molecule has 3 aromatic rings. The van der Waals surface area contributed by atoms with Gasteiger partial charge in [0.15, 0.2) is 6.10 Å². The predicted octanol–water partition coefficient (Wildman–Crippen LogP) is 5.31. The Morgan fingerprint density at radius 3 is 2.71 bits per heavy atom. The van der Waals surface area contributed by atoms with Crippen LogP contribution in [0, 0.1) is 5.41 Å². The second kappa shape index (κ2) is 7.95. The van der Waals surface area contributed by atoms with Crippen molar-refractivity contribution in [1.29, 1.82) is 0 Å². The molecule has 0 saturated carbocycles. The van der Waals surface area contributed by atoms with E-state index in [9.17, 15) is 18.3 Å². The van der Waals surface area contributed by atoms with Crippen molar-refractivity contribution in [2.75, 3.05) is 13.1 Å². The molecule has 2 aromatic heterocycles. The minimum absolute atomic E-state index is 0.153. The van der Waals surface area contributed by atoms with Gasteiger partial charge in [-0.25, -0.2) is 0 Å². The fourth-order valence-corrected chi connectivity index (χ4v) is 4.72. The molecule has 31 heavy (non-hydrogen) atoms. The monoisotopic (exact) mass is 432 g/mol. The van der Waals surface area contributed by atoms with E-state index in [2.05, 4.69) is 4.98 Å². The molecule has 1 aliphatic heterocycles. The third-order valence-electron chi connectivity index (χ3n) is 6.79. The molecule has 0 radical (unpaired) electrons. The van der Waals surface area contributed by atoms with E-state index in [1.54, 1.807) is 12.5 Å². The lowest BCUT2D eigenvalue weighted by Gasteiger charge is -2.39. The van der Waals surface area contributed by atoms with Crippen molar-refractivity contribution in [1.82, 2.24) is 9.88 Å². The third kappa shape index (κ3) is 4.21. The summed E-state index contributed by atoms with van der Waals surface area (Å²) in [5.74, 6) is 0. The van der Waals surface area contributed by atoms with Gasteiger partial charge in [0.05, 0.1) is 17.5 Å². The van der Waals surface area contributed by atoms with Crippen molar-refractivity contribution < 1.29 is 22.7 Å². The van der Waals surface area contributed by atoms with Crippen LogP contribution in [-0.4, -0.2) is 40.4 Å². The third-order valence-corrected chi connectivity index (χ3v) is 6.79. The molecule has 1 aromatic carbocycles. The van der Waals surface area contributed by atoms with Crippen LogP contribution in [0.2, 0.25) is 0 Å². The quantitative estimate of drug-likeness (QED) is 0.574. The number of fused-ring (bicyclic) bond motifs is 1. The maximum Gasteiger partial charge on any atom is 0.414 e. The van der Waals surface area contributed by atoms with Crippen LogP contribution in [0.3, 0.4) is 0 Å². The maximum atomic E-state index is 13.7. The van der Waals surface area contributed by atoms with E-state index in [-0.39, 0.29) is 19.4 Å². The van der Waals surface area contributed by atoms with Gasteiger partial charge in [-0.3, -0.25) is 9.88 Å². The minimum Gasteiger partial charge on any atom is -0.464 e. The number of nitrogens with zero attached hydrogens (tertiary/aromatic N) is 2. The average molecular weight is 432 g/mol. The highest BCUT2D eigenvalue weighted by atomic mass is 19.4. The smallest absolute Gasteiger partial charge is 0.414 e. The number of halogens is 3. The lowest BCUT2D eigenvalue weighted by Crippen LogP contribution is -2.49. The zero-order chi connectivity index (χ0) is 22.3.